The van der Waals surface area contributed by atoms with Crippen LogP contribution in [0.4, 0.5) is 0 Å². The minimum Gasteiger partial charge on any atom is -0.0995 e. The molecule has 1 aromatic carbocycles. The molecule has 2 atom stereocenters. The first kappa shape index (κ1) is 17.3. The van der Waals surface area contributed by atoms with Crippen molar-refractivity contribution in [2.45, 2.75) is 59.3 Å². The number of rotatable bonds is 8. The average Bonchev–Trinajstić information content (AvgIpc) is 3.31. The van der Waals surface area contributed by atoms with Crippen LogP contribution >= 0.6 is 0 Å². The zero-order valence-corrected chi connectivity index (χ0v) is 15.6. The fraction of sp³-hybridized carbons (Fsp3) is 0.500. The summed E-state index contributed by atoms with van der Waals surface area (Å²) >= 11 is 0. The lowest BCUT2D eigenvalue weighted by Crippen LogP contribution is -2.16. The van der Waals surface area contributed by atoms with Gasteiger partial charge in [-0.25, -0.2) is 0 Å². The van der Waals surface area contributed by atoms with Crippen molar-refractivity contribution in [1.29, 1.82) is 0 Å². The first-order valence-corrected chi connectivity index (χ1v) is 9.73. The van der Waals surface area contributed by atoms with Gasteiger partial charge in [-0.05, 0) is 56.1 Å². The highest BCUT2D eigenvalue weighted by Gasteiger charge is 2.33. The summed E-state index contributed by atoms with van der Waals surface area (Å²) < 4.78 is 0. The maximum Gasteiger partial charge on any atom is 0.00520 e. The van der Waals surface area contributed by atoms with E-state index in [-0.39, 0.29) is 0 Å². The Morgan fingerprint density at radius 3 is 2.71 bits per heavy atom. The molecule has 0 heteroatoms. The van der Waals surface area contributed by atoms with Gasteiger partial charge < -0.3 is 0 Å². The summed E-state index contributed by atoms with van der Waals surface area (Å²) in [6.45, 7) is 11.3. The quantitative estimate of drug-likeness (QED) is 0.447. The van der Waals surface area contributed by atoms with Crippen molar-refractivity contribution < 1.29 is 0 Å². The van der Waals surface area contributed by atoms with Crippen LogP contribution in [-0.4, -0.2) is 0 Å². The standard InChI is InChI=1S/C24H32/c1-5-6-9-18(3)23(15-20-11-12-20)24-16-22(14-19(24)4)21-10-7-8-17(2)13-21/h7-8,10,13-14,16,20,23-24H,3,5-6,9,11-12,15H2,1-2,4H3. The Hall–Kier alpha value is -1.56. The minimum absolute atomic E-state index is 0.561. The molecule has 1 aromatic rings. The molecule has 0 N–H and O–H groups in total. The Balaban J connectivity index is 1.82. The van der Waals surface area contributed by atoms with E-state index in [1.807, 2.05) is 0 Å². The highest BCUT2D eigenvalue weighted by molar-refractivity contribution is 5.78. The van der Waals surface area contributed by atoms with E-state index in [1.165, 1.54) is 66.4 Å². The molecule has 0 saturated heterocycles. The van der Waals surface area contributed by atoms with E-state index in [2.05, 4.69) is 63.8 Å². The summed E-state index contributed by atoms with van der Waals surface area (Å²) in [4.78, 5) is 0. The Labute approximate surface area is 148 Å². The van der Waals surface area contributed by atoms with Crippen molar-refractivity contribution in [2.24, 2.45) is 17.8 Å². The molecule has 0 radical (unpaired) electrons. The van der Waals surface area contributed by atoms with E-state index in [1.54, 1.807) is 0 Å². The van der Waals surface area contributed by atoms with Crippen LogP contribution in [0.2, 0.25) is 0 Å². The fourth-order valence-electron chi connectivity index (χ4n) is 4.02. The molecule has 0 heterocycles. The largest absolute Gasteiger partial charge is 0.0995 e. The molecule has 1 saturated carbocycles. The predicted molar refractivity (Wildman–Crippen MR) is 106 cm³/mol. The molecule has 3 rings (SSSR count). The Morgan fingerprint density at radius 1 is 1.25 bits per heavy atom. The van der Waals surface area contributed by atoms with E-state index in [9.17, 15) is 0 Å². The van der Waals surface area contributed by atoms with Crippen LogP contribution in [0.3, 0.4) is 0 Å². The van der Waals surface area contributed by atoms with Gasteiger partial charge in [-0.3, -0.25) is 0 Å². The van der Waals surface area contributed by atoms with Gasteiger partial charge in [0.15, 0.2) is 0 Å². The summed E-state index contributed by atoms with van der Waals surface area (Å²) in [5.74, 6) is 2.16. The Kier molecular flexibility index (Phi) is 5.43. The molecule has 1 fully saturated rings. The molecule has 2 aliphatic rings. The third-order valence-electron chi connectivity index (χ3n) is 5.71. The molecule has 2 unspecified atom stereocenters. The normalized spacial score (nSPS) is 21.4. The monoisotopic (exact) mass is 320 g/mol. The number of benzene rings is 1. The maximum atomic E-state index is 4.51. The lowest BCUT2D eigenvalue weighted by atomic mass is 9.78. The molecule has 0 amide bonds. The van der Waals surface area contributed by atoms with Crippen LogP contribution in [0.5, 0.6) is 0 Å². The van der Waals surface area contributed by atoms with E-state index in [4.69, 9.17) is 0 Å². The van der Waals surface area contributed by atoms with Gasteiger partial charge in [0.25, 0.3) is 0 Å². The first-order chi connectivity index (χ1) is 11.6. The van der Waals surface area contributed by atoms with Gasteiger partial charge in [-0.2, -0.15) is 0 Å². The molecular weight excluding hydrogens is 288 g/mol. The summed E-state index contributed by atoms with van der Waals surface area (Å²) in [5, 5.41) is 0. The topological polar surface area (TPSA) is 0 Å². The number of aryl methyl sites for hydroxylation is 1. The summed E-state index contributed by atoms with van der Waals surface area (Å²) in [5.41, 5.74) is 7.12. The molecule has 0 nitrogen and oxygen atoms in total. The molecular formula is C24H32. The molecule has 0 aromatic heterocycles. The molecule has 0 spiro atoms. The van der Waals surface area contributed by atoms with Gasteiger partial charge in [-0.15, -0.1) is 0 Å². The highest BCUT2D eigenvalue weighted by Crippen LogP contribution is 2.45. The van der Waals surface area contributed by atoms with Gasteiger partial charge in [0, 0.05) is 5.92 Å². The van der Waals surface area contributed by atoms with Crippen LogP contribution in [0.1, 0.15) is 63.5 Å². The van der Waals surface area contributed by atoms with Gasteiger partial charge in [-0.1, -0.05) is 85.9 Å². The molecule has 0 aliphatic heterocycles. The lowest BCUT2D eigenvalue weighted by Gasteiger charge is -2.26. The third-order valence-corrected chi connectivity index (χ3v) is 5.71. The molecule has 24 heavy (non-hydrogen) atoms. The van der Waals surface area contributed by atoms with Crippen LogP contribution in [-0.2, 0) is 0 Å². The second-order valence-corrected chi connectivity index (χ2v) is 7.95. The highest BCUT2D eigenvalue weighted by atomic mass is 14.4. The van der Waals surface area contributed by atoms with E-state index < -0.39 is 0 Å². The van der Waals surface area contributed by atoms with Crippen molar-refractivity contribution >= 4 is 5.57 Å². The van der Waals surface area contributed by atoms with Crippen molar-refractivity contribution in [3.8, 4) is 0 Å². The molecule has 0 bridgehead atoms. The van der Waals surface area contributed by atoms with Crippen LogP contribution in [0.15, 0.2) is 54.1 Å². The maximum absolute atomic E-state index is 4.51. The van der Waals surface area contributed by atoms with Gasteiger partial charge >= 0.3 is 0 Å². The van der Waals surface area contributed by atoms with Crippen molar-refractivity contribution in [2.75, 3.05) is 0 Å². The Bertz CT molecular complexity index is 654. The van der Waals surface area contributed by atoms with E-state index in [0.717, 1.165) is 5.92 Å². The van der Waals surface area contributed by atoms with Crippen molar-refractivity contribution in [1.82, 2.24) is 0 Å². The molecule has 2 aliphatic carbocycles. The summed E-state index contributed by atoms with van der Waals surface area (Å²) in [6, 6.07) is 8.89. The summed E-state index contributed by atoms with van der Waals surface area (Å²) in [7, 11) is 0. The Morgan fingerprint density at radius 2 is 2.04 bits per heavy atom. The van der Waals surface area contributed by atoms with Crippen LogP contribution < -0.4 is 0 Å². The number of hydrogen-bond acceptors (Lipinski definition) is 0. The fourth-order valence-corrected chi connectivity index (χ4v) is 4.02. The first-order valence-electron chi connectivity index (χ1n) is 9.73. The van der Waals surface area contributed by atoms with Crippen LogP contribution in [0.25, 0.3) is 5.57 Å². The molecule has 128 valence electrons. The minimum atomic E-state index is 0.561. The lowest BCUT2D eigenvalue weighted by molar-refractivity contribution is 0.433. The van der Waals surface area contributed by atoms with E-state index >= 15 is 0 Å². The number of unbranched alkanes of at least 4 members (excludes halogenated alkanes) is 1. The number of hydrogen-bond donors (Lipinski definition) is 0. The van der Waals surface area contributed by atoms with Gasteiger partial charge in [0.2, 0.25) is 0 Å². The second-order valence-electron chi connectivity index (χ2n) is 7.95. The predicted octanol–water partition coefficient (Wildman–Crippen LogP) is 7.12. The zero-order chi connectivity index (χ0) is 17.1. The van der Waals surface area contributed by atoms with Gasteiger partial charge in [0.1, 0.15) is 0 Å². The average molecular weight is 321 g/mol. The van der Waals surface area contributed by atoms with Crippen molar-refractivity contribution in [3.05, 3.63) is 65.3 Å². The summed E-state index contributed by atoms with van der Waals surface area (Å²) in [6.07, 6.45) is 12.9. The third kappa shape index (κ3) is 4.09. The van der Waals surface area contributed by atoms with E-state index in [0.29, 0.717) is 11.8 Å². The van der Waals surface area contributed by atoms with Crippen LogP contribution in [0, 0.1) is 24.7 Å². The smallest absolute Gasteiger partial charge is 0.00520 e. The SMILES string of the molecule is C=C(CCCC)C(CC1CC1)C1C=C(c2cccc(C)c2)C=C1C. The second kappa shape index (κ2) is 7.55. The van der Waals surface area contributed by atoms with Gasteiger partial charge in [0.05, 0.1) is 0 Å². The van der Waals surface area contributed by atoms with Crippen molar-refractivity contribution in [3.63, 3.8) is 0 Å². The zero-order valence-electron chi connectivity index (χ0n) is 15.6. The number of allylic oxidation sites excluding steroid dienone is 5.